The summed E-state index contributed by atoms with van der Waals surface area (Å²) in [5.41, 5.74) is 8.21. The summed E-state index contributed by atoms with van der Waals surface area (Å²) in [7, 11) is 1.71. The van der Waals surface area contributed by atoms with Crippen molar-refractivity contribution in [3.05, 3.63) is 35.4 Å². The van der Waals surface area contributed by atoms with Gasteiger partial charge in [0.15, 0.2) is 0 Å². The molecule has 1 atom stereocenters. The first-order valence-electron chi connectivity index (χ1n) is 4.54. The standard InChI is InChI=1S/C11H17NO/c1-9(12)6-10-4-3-5-11(7-10)8-13-2/h3-5,7,9H,6,8,12H2,1-2H3/t9-/m1/s1. The molecule has 0 spiro atoms. The Bertz CT molecular complexity index is 258. The van der Waals surface area contributed by atoms with Gasteiger partial charge < -0.3 is 10.5 Å². The minimum atomic E-state index is 0.220. The predicted octanol–water partition coefficient (Wildman–Crippen LogP) is 1.72. The summed E-state index contributed by atoms with van der Waals surface area (Å²) in [6.45, 7) is 2.69. The van der Waals surface area contributed by atoms with Crippen LogP contribution in [-0.2, 0) is 17.8 Å². The highest BCUT2D eigenvalue weighted by atomic mass is 16.5. The van der Waals surface area contributed by atoms with E-state index in [2.05, 4.69) is 18.2 Å². The minimum absolute atomic E-state index is 0.220. The lowest BCUT2D eigenvalue weighted by atomic mass is 10.1. The average molecular weight is 179 g/mol. The molecule has 72 valence electrons. The molecule has 0 unspecified atom stereocenters. The van der Waals surface area contributed by atoms with E-state index >= 15 is 0 Å². The summed E-state index contributed by atoms with van der Waals surface area (Å²) >= 11 is 0. The van der Waals surface area contributed by atoms with Crippen molar-refractivity contribution >= 4 is 0 Å². The average Bonchev–Trinajstić information content (AvgIpc) is 2.04. The Morgan fingerprint density at radius 2 is 2.08 bits per heavy atom. The maximum atomic E-state index is 5.72. The van der Waals surface area contributed by atoms with E-state index in [-0.39, 0.29) is 6.04 Å². The quantitative estimate of drug-likeness (QED) is 0.764. The molecule has 13 heavy (non-hydrogen) atoms. The van der Waals surface area contributed by atoms with Crippen molar-refractivity contribution in [2.45, 2.75) is 26.0 Å². The highest BCUT2D eigenvalue weighted by Gasteiger charge is 1.98. The van der Waals surface area contributed by atoms with Crippen LogP contribution in [0.15, 0.2) is 24.3 Å². The molecule has 1 aromatic rings. The van der Waals surface area contributed by atoms with Crippen LogP contribution >= 0.6 is 0 Å². The van der Waals surface area contributed by atoms with Crippen LogP contribution in [0.2, 0.25) is 0 Å². The number of benzene rings is 1. The first-order chi connectivity index (χ1) is 6.22. The van der Waals surface area contributed by atoms with Crippen LogP contribution in [0.4, 0.5) is 0 Å². The van der Waals surface area contributed by atoms with Crippen LogP contribution in [0.5, 0.6) is 0 Å². The molecule has 2 nitrogen and oxygen atoms in total. The van der Waals surface area contributed by atoms with Gasteiger partial charge in [0.25, 0.3) is 0 Å². The smallest absolute Gasteiger partial charge is 0.0713 e. The van der Waals surface area contributed by atoms with Crippen molar-refractivity contribution in [2.75, 3.05) is 7.11 Å². The monoisotopic (exact) mass is 179 g/mol. The fourth-order valence-electron chi connectivity index (χ4n) is 1.38. The van der Waals surface area contributed by atoms with E-state index in [1.54, 1.807) is 7.11 Å². The number of hydrogen-bond acceptors (Lipinski definition) is 2. The number of rotatable bonds is 4. The Morgan fingerprint density at radius 3 is 2.69 bits per heavy atom. The van der Waals surface area contributed by atoms with Gasteiger partial charge in [0, 0.05) is 13.2 Å². The number of hydrogen-bond donors (Lipinski definition) is 1. The molecule has 0 aromatic heterocycles. The topological polar surface area (TPSA) is 35.2 Å². The summed E-state index contributed by atoms with van der Waals surface area (Å²) in [4.78, 5) is 0. The summed E-state index contributed by atoms with van der Waals surface area (Å²) in [6.07, 6.45) is 0.928. The predicted molar refractivity (Wildman–Crippen MR) is 54.5 cm³/mol. The Kier molecular flexibility index (Phi) is 3.93. The van der Waals surface area contributed by atoms with Crippen LogP contribution in [0.25, 0.3) is 0 Å². The molecule has 2 N–H and O–H groups in total. The molecular weight excluding hydrogens is 162 g/mol. The van der Waals surface area contributed by atoms with E-state index in [4.69, 9.17) is 10.5 Å². The van der Waals surface area contributed by atoms with Gasteiger partial charge in [-0.25, -0.2) is 0 Å². The second kappa shape index (κ2) is 5.00. The molecule has 0 aliphatic carbocycles. The summed E-state index contributed by atoms with van der Waals surface area (Å²) < 4.78 is 5.06. The third kappa shape index (κ3) is 3.57. The van der Waals surface area contributed by atoms with E-state index in [1.807, 2.05) is 13.0 Å². The largest absolute Gasteiger partial charge is 0.380 e. The van der Waals surface area contributed by atoms with Gasteiger partial charge in [-0.05, 0) is 24.5 Å². The van der Waals surface area contributed by atoms with Crippen molar-refractivity contribution in [2.24, 2.45) is 5.73 Å². The van der Waals surface area contributed by atoms with Crippen LogP contribution in [0, 0.1) is 0 Å². The Hall–Kier alpha value is -0.860. The van der Waals surface area contributed by atoms with Gasteiger partial charge in [-0.15, -0.1) is 0 Å². The van der Waals surface area contributed by atoms with Crippen molar-refractivity contribution in [3.63, 3.8) is 0 Å². The van der Waals surface area contributed by atoms with E-state index in [0.717, 1.165) is 6.42 Å². The van der Waals surface area contributed by atoms with Crippen molar-refractivity contribution in [3.8, 4) is 0 Å². The molecule has 2 heteroatoms. The highest BCUT2D eigenvalue weighted by molar-refractivity contribution is 5.23. The number of ether oxygens (including phenoxy) is 1. The van der Waals surface area contributed by atoms with Gasteiger partial charge in [0.05, 0.1) is 6.61 Å². The first kappa shape index (κ1) is 10.2. The second-order valence-corrected chi connectivity index (χ2v) is 3.43. The van der Waals surface area contributed by atoms with Crippen molar-refractivity contribution in [1.29, 1.82) is 0 Å². The van der Waals surface area contributed by atoms with Crippen molar-refractivity contribution in [1.82, 2.24) is 0 Å². The molecule has 0 aliphatic heterocycles. The lowest BCUT2D eigenvalue weighted by Crippen LogP contribution is -2.17. The first-order valence-corrected chi connectivity index (χ1v) is 4.54. The maximum Gasteiger partial charge on any atom is 0.0713 e. The van der Waals surface area contributed by atoms with E-state index < -0.39 is 0 Å². The summed E-state index contributed by atoms with van der Waals surface area (Å²) in [5.74, 6) is 0. The van der Waals surface area contributed by atoms with Crippen LogP contribution < -0.4 is 5.73 Å². The van der Waals surface area contributed by atoms with E-state index in [0.29, 0.717) is 6.61 Å². The molecule has 0 aliphatic rings. The number of methoxy groups -OCH3 is 1. The van der Waals surface area contributed by atoms with Gasteiger partial charge >= 0.3 is 0 Å². The highest BCUT2D eigenvalue weighted by Crippen LogP contribution is 2.07. The molecule has 0 radical (unpaired) electrons. The lowest BCUT2D eigenvalue weighted by Gasteiger charge is -2.06. The second-order valence-electron chi connectivity index (χ2n) is 3.43. The SMILES string of the molecule is COCc1cccc(C[C@@H](C)N)c1. The Morgan fingerprint density at radius 1 is 1.38 bits per heavy atom. The van der Waals surface area contributed by atoms with Crippen molar-refractivity contribution < 1.29 is 4.74 Å². The third-order valence-electron chi connectivity index (χ3n) is 1.86. The van der Waals surface area contributed by atoms with E-state index in [1.165, 1.54) is 11.1 Å². The summed E-state index contributed by atoms with van der Waals surface area (Å²) in [6, 6.07) is 8.58. The summed E-state index contributed by atoms with van der Waals surface area (Å²) in [5, 5.41) is 0. The van der Waals surface area contributed by atoms with Crippen LogP contribution in [0.3, 0.4) is 0 Å². The normalized spacial score (nSPS) is 12.8. The molecular formula is C11H17NO. The molecule has 0 fully saturated rings. The fraction of sp³-hybridized carbons (Fsp3) is 0.455. The van der Waals surface area contributed by atoms with E-state index in [9.17, 15) is 0 Å². The van der Waals surface area contributed by atoms with Gasteiger partial charge in [-0.1, -0.05) is 24.3 Å². The Labute approximate surface area is 79.7 Å². The molecule has 0 saturated heterocycles. The lowest BCUT2D eigenvalue weighted by molar-refractivity contribution is 0.185. The molecule has 1 rings (SSSR count). The van der Waals surface area contributed by atoms with Gasteiger partial charge in [-0.3, -0.25) is 0 Å². The number of nitrogens with two attached hydrogens (primary N) is 1. The zero-order valence-corrected chi connectivity index (χ0v) is 8.29. The molecule has 0 bridgehead atoms. The molecule has 0 saturated carbocycles. The molecule has 0 amide bonds. The van der Waals surface area contributed by atoms with Crippen LogP contribution in [0.1, 0.15) is 18.1 Å². The zero-order chi connectivity index (χ0) is 9.68. The van der Waals surface area contributed by atoms with Gasteiger partial charge in [-0.2, -0.15) is 0 Å². The van der Waals surface area contributed by atoms with Crippen LogP contribution in [-0.4, -0.2) is 13.2 Å². The fourth-order valence-corrected chi connectivity index (χ4v) is 1.38. The molecule has 1 aromatic carbocycles. The van der Waals surface area contributed by atoms with Gasteiger partial charge in [0.1, 0.15) is 0 Å². The Balaban J connectivity index is 2.67. The van der Waals surface area contributed by atoms with Gasteiger partial charge in [0.2, 0.25) is 0 Å². The maximum absolute atomic E-state index is 5.72. The zero-order valence-electron chi connectivity index (χ0n) is 8.29. The third-order valence-corrected chi connectivity index (χ3v) is 1.86. The minimum Gasteiger partial charge on any atom is -0.380 e. The molecule has 0 heterocycles.